The molecule has 0 atom stereocenters. The van der Waals surface area contributed by atoms with Gasteiger partial charge in [0.2, 0.25) is 5.91 Å². The van der Waals surface area contributed by atoms with Crippen LogP contribution in [0.3, 0.4) is 0 Å². The monoisotopic (exact) mass is 646 g/mol. The van der Waals surface area contributed by atoms with Crippen LogP contribution in [0.25, 0.3) is 0 Å². The number of ether oxygens (including phenoxy) is 3. The van der Waals surface area contributed by atoms with Gasteiger partial charge in [0, 0.05) is 18.8 Å². The van der Waals surface area contributed by atoms with Crippen molar-refractivity contribution in [3.63, 3.8) is 0 Å². The maximum atomic E-state index is 13.3. The highest BCUT2D eigenvalue weighted by Crippen LogP contribution is 2.37. The maximum Gasteiger partial charge on any atom is 0.416 e. The summed E-state index contributed by atoms with van der Waals surface area (Å²) in [6.45, 7) is 9.27. The van der Waals surface area contributed by atoms with Crippen LogP contribution in [0.4, 0.5) is 36.8 Å². The molecular weight excluding hydrogens is 610 g/mol. The van der Waals surface area contributed by atoms with E-state index in [9.17, 15) is 40.7 Å². The predicted molar refractivity (Wildman–Crippen MR) is 152 cm³/mol. The number of hydrogen-bond donors (Lipinski definition) is 0. The topological polar surface area (TPSA) is 85.4 Å². The van der Waals surface area contributed by atoms with Gasteiger partial charge in [-0.1, -0.05) is 0 Å². The average Bonchev–Trinajstić information content (AvgIpc) is 3.30. The largest absolute Gasteiger partial charge is 0.489 e. The standard InChI is InChI=1S/C31H36F6N2O6/c1-28(2,3)44-26(41)10-11-38(27(42)45-29(4,5)6)17-25(40)39-12-9-20-15-23(7-8-24(20)39)43-18-19-13-21(30(32,33)34)16-22(14-19)31(35,36)37/h7-8,13-16H,9-12,17-18H2,1-6H3. The number of nitrogens with zero attached hydrogens (tertiary/aromatic N) is 2. The first kappa shape index (κ1) is 35.5. The minimum absolute atomic E-state index is 0.0476. The lowest BCUT2D eigenvalue weighted by atomic mass is 10.1. The molecule has 2 aromatic rings. The zero-order chi connectivity index (χ0) is 34.0. The SMILES string of the molecule is CC(C)(C)OC(=O)CCN(CC(=O)N1CCc2cc(OCc3cc(C(F)(F)F)cc(C(F)(F)F)c3)ccc21)C(=O)OC(C)(C)C. The number of halogens is 6. The first-order valence-corrected chi connectivity index (χ1v) is 14.1. The molecule has 3 rings (SSSR count). The number of carbonyl (C=O) groups excluding carboxylic acids is 3. The van der Waals surface area contributed by atoms with Crippen molar-refractivity contribution in [3.8, 4) is 5.75 Å². The second-order valence-electron chi connectivity index (χ2n) is 12.5. The highest BCUT2D eigenvalue weighted by atomic mass is 19.4. The van der Waals surface area contributed by atoms with Gasteiger partial charge >= 0.3 is 24.4 Å². The molecule has 0 unspecified atom stereocenters. The lowest BCUT2D eigenvalue weighted by Crippen LogP contribution is -2.45. The van der Waals surface area contributed by atoms with Crippen molar-refractivity contribution >= 4 is 23.7 Å². The van der Waals surface area contributed by atoms with E-state index in [2.05, 4.69) is 0 Å². The van der Waals surface area contributed by atoms with Crippen LogP contribution in [0.15, 0.2) is 36.4 Å². The summed E-state index contributed by atoms with van der Waals surface area (Å²) in [5.41, 5.74) is -3.63. The fraction of sp³-hybridized carbons (Fsp3) is 0.516. The Morgan fingerprint density at radius 3 is 1.93 bits per heavy atom. The molecule has 1 aliphatic rings. The molecule has 8 nitrogen and oxygen atoms in total. The number of hydrogen-bond acceptors (Lipinski definition) is 6. The van der Waals surface area contributed by atoms with Gasteiger partial charge in [0.05, 0.1) is 17.5 Å². The fourth-order valence-electron chi connectivity index (χ4n) is 4.43. The molecular formula is C31H36F6N2O6. The molecule has 1 aliphatic heterocycles. The Morgan fingerprint density at radius 2 is 1.40 bits per heavy atom. The van der Waals surface area contributed by atoms with Crippen LogP contribution in [0.2, 0.25) is 0 Å². The van der Waals surface area contributed by atoms with Gasteiger partial charge < -0.3 is 19.1 Å². The second-order valence-corrected chi connectivity index (χ2v) is 12.5. The van der Waals surface area contributed by atoms with Gasteiger partial charge in [-0.15, -0.1) is 0 Å². The molecule has 45 heavy (non-hydrogen) atoms. The van der Waals surface area contributed by atoms with Gasteiger partial charge in [-0.25, -0.2) is 4.79 Å². The fourth-order valence-corrected chi connectivity index (χ4v) is 4.43. The molecule has 0 fully saturated rings. The Labute approximate surface area is 257 Å². The van der Waals surface area contributed by atoms with Crippen LogP contribution in [0.1, 0.15) is 70.2 Å². The average molecular weight is 647 g/mol. The lowest BCUT2D eigenvalue weighted by Gasteiger charge is -2.29. The Hall–Kier alpha value is -3.97. The van der Waals surface area contributed by atoms with E-state index in [1.807, 2.05) is 0 Å². The van der Waals surface area contributed by atoms with Crippen molar-refractivity contribution in [1.82, 2.24) is 4.90 Å². The number of fused-ring (bicyclic) bond motifs is 1. The lowest BCUT2D eigenvalue weighted by molar-refractivity contribution is -0.155. The van der Waals surface area contributed by atoms with E-state index < -0.39 is 65.8 Å². The number of anilines is 1. The van der Waals surface area contributed by atoms with Gasteiger partial charge in [0.1, 0.15) is 30.1 Å². The summed E-state index contributed by atoms with van der Waals surface area (Å²) >= 11 is 0. The Kier molecular flexibility index (Phi) is 10.4. The van der Waals surface area contributed by atoms with Crippen molar-refractivity contribution < 1.29 is 54.9 Å². The normalized spacial score (nSPS) is 13.7. The molecule has 0 radical (unpaired) electrons. The molecule has 0 aliphatic carbocycles. The first-order valence-electron chi connectivity index (χ1n) is 14.1. The zero-order valence-electron chi connectivity index (χ0n) is 25.8. The molecule has 2 amide bonds. The smallest absolute Gasteiger partial charge is 0.416 e. The molecule has 0 saturated heterocycles. The highest BCUT2D eigenvalue weighted by Gasteiger charge is 2.37. The number of esters is 1. The molecule has 248 valence electrons. The number of carbonyl (C=O) groups is 3. The summed E-state index contributed by atoms with van der Waals surface area (Å²) in [4.78, 5) is 41.0. The maximum absolute atomic E-state index is 13.3. The van der Waals surface area contributed by atoms with E-state index >= 15 is 0 Å². The Balaban J connectivity index is 1.72. The molecule has 0 spiro atoms. The van der Waals surface area contributed by atoms with E-state index in [4.69, 9.17) is 14.2 Å². The van der Waals surface area contributed by atoms with Crippen molar-refractivity contribution in [2.45, 2.75) is 84.5 Å². The minimum atomic E-state index is -4.98. The third kappa shape index (κ3) is 10.6. The molecule has 2 aromatic carbocycles. The highest BCUT2D eigenvalue weighted by molar-refractivity contribution is 5.98. The van der Waals surface area contributed by atoms with Crippen molar-refractivity contribution in [1.29, 1.82) is 0 Å². The Morgan fingerprint density at radius 1 is 0.822 bits per heavy atom. The molecule has 0 bridgehead atoms. The minimum Gasteiger partial charge on any atom is -0.489 e. The predicted octanol–water partition coefficient (Wildman–Crippen LogP) is 7.16. The third-order valence-electron chi connectivity index (χ3n) is 6.28. The number of benzene rings is 2. The van der Waals surface area contributed by atoms with E-state index in [0.717, 1.165) is 4.90 Å². The number of alkyl halides is 6. The summed E-state index contributed by atoms with van der Waals surface area (Å²) in [7, 11) is 0. The van der Waals surface area contributed by atoms with Gasteiger partial charge in [-0.3, -0.25) is 14.5 Å². The zero-order valence-corrected chi connectivity index (χ0v) is 25.8. The van der Waals surface area contributed by atoms with Gasteiger partial charge in [-0.05, 0) is 95.5 Å². The molecule has 14 heteroatoms. The van der Waals surface area contributed by atoms with Crippen LogP contribution < -0.4 is 9.64 Å². The number of amides is 2. The molecule has 0 N–H and O–H groups in total. The van der Waals surface area contributed by atoms with E-state index in [0.29, 0.717) is 29.8 Å². The summed E-state index contributed by atoms with van der Waals surface area (Å²) in [5, 5.41) is 0. The van der Waals surface area contributed by atoms with Crippen molar-refractivity contribution in [2.24, 2.45) is 0 Å². The first-order chi connectivity index (χ1) is 20.5. The quantitative estimate of drug-likeness (QED) is 0.224. The Bertz CT molecular complexity index is 1380. The molecule has 0 aromatic heterocycles. The van der Waals surface area contributed by atoms with Crippen molar-refractivity contribution in [2.75, 3.05) is 24.5 Å². The molecule has 1 heterocycles. The van der Waals surface area contributed by atoms with Crippen LogP contribution in [-0.2, 0) is 44.4 Å². The van der Waals surface area contributed by atoms with Gasteiger partial charge in [-0.2, -0.15) is 26.3 Å². The summed E-state index contributed by atoms with van der Waals surface area (Å²) in [5.74, 6) is -0.829. The second kappa shape index (κ2) is 13.2. The van der Waals surface area contributed by atoms with Crippen LogP contribution in [0, 0.1) is 0 Å². The van der Waals surface area contributed by atoms with Gasteiger partial charge in [0.15, 0.2) is 0 Å². The molecule has 0 saturated carbocycles. The van der Waals surface area contributed by atoms with Crippen LogP contribution >= 0.6 is 0 Å². The summed E-state index contributed by atoms with van der Waals surface area (Å²) in [6.07, 6.45) is -10.5. The van der Waals surface area contributed by atoms with Crippen molar-refractivity contribution in [3.05, 3.63) is 58.7 Å². The van der Waals surface area contributed by atoms with Gasteiger partial charge in [0.25, 0.3) is 0 Å². The summed E-state index contributed by atoms with van der Waals surface area (Å²) < 4.78 is 95.4. The van der Waals surface area contributed by atoms with E-state index in [1.54, 1.807) is 53.7 Å². The van der Waals surface area contributed by atoms with E-state index in [-0.39, 0.29) is 36.9 Å². The number of rotatable bonds is 8. The third-order valence-corrected chi connectivity index (χ3v) is 6.28. The van der Waals surface area contributed by atoms with E-state index in [1.165, 1.54) is 11.0 Å². The van der Waals surface area contributed by atoms with Crippen LogP contribution in [0.5, 0.6) is 5.75 Å². The van der Waals surface area contributed by atoms with Crippen LogP contribution in [-0.4, -0.2) is 53.7 Å². The summed E-state index contributed by atoms with van der Waals surface area (Å²) in [6, 6.07) is 5.78.